The Balaban J connectivity index is 1.22. The monoisotopic (exact) mass is 451 g/mol. The van der Waals surface area contributed by atoms with Crippen molar-refractivity contribution >= 4 is 33.8 Å². The fourth-order valence-electron chi connectivity index (χ4n) is 4.29. The maximum absolute atomic E-state index is 14.0. The molecule has 2 aromatic carbocycles. The van der Waals surface area contributed by atoms with E-state index in [1.165, 1.54) is 0 Å². The Morgan fingerprint density at radius 3 is 2.50 bits per heavy atom. The molecule has 0 fully saturated rings. The molecular weight excluding hydrogens is 429 g/mol. The van der Waals surface area contributed by atoms with Gasteiger partial charge in [0.2, 0.25) is 5.89 Å². The minimum atomic E-state index is -0.806. The smallest absolute Gasteiger partial charge is 0.227 e. The highest BCUT2D eigenvalue weighted by atomic mass is 19.1. The third-order valence-corrected chi connectivity index (χ3v) is 6.03. The summed E-state index contributed by atoms with van der Waals surface area (Å²) in [7, 11) is 0. The average Bonchev–Trinajstić information content (AvgIpc) is 3.29. The molecule has 0 bridgehead atoms. The van der Waals surface area contributed by atoms with E-state index >= 15 is 0 Å². The van der Waals surface area contributed by atoms with Crippen LogP contribution in [-0.4, -0.2) is 21.1 Å². The number of halogens is 1. The molecule has 6 rings (SSSR count). The molecule has 0 amide bonds. The summed E-state index contributed by atoms with van der Waals surface area (Å²) >= 11 is 0. The maximum Gasteiger partial charge on any atom is 0.227 e. The highest BCUT2D eigenvalue weighted by Crippen LogP contribution is 2.32. The van der Waals surface area contributed by atoms with Crippen molar-refractivity contribution in [2.45, 2.75) is 25.4 Å². The number of nitrogens with one attached hydrogen (secondary N) is 2. The molecule has 0 saturated heterocycles. The fourth-order valence-corrected chi connectivity index (χ4v) is 4.29. The molecule has 0 radical (unpaired) electrons. The number of rotatable bonds is 5. The van der Waals surface area contributed by atoms with Crippen LogP contribution in [0, 0.1) is 0 Å². The zero-order chi connectivity index (χ0) is 22.9. The van der Waals surface area contributed by atoms with Crippen molar-refractivity contribution in [1.29, 1.82) is 0 Å². The summed E-state index contributed by atoms with van der Waals surface area (Å²) in [4.78, 5) is 13.1. The molecule has 1 unspecified atom stereocenters. The first-order chi connectivity index (χ1) is 16.7. The summed E-state index contributed by atoms with van der Waals surface area (Å²) in [6, 6.07) is 19.4. The Hall–Kier alpha value is -4.26. The first-order valence-corrected chi connectivity index (χ1v) is 11.3. The summed E-state index contributed by atoms with van der Waals surface area (Å²) < 4.78 is 20.0. The Labute approximate surface area is 195 Å². The van der Waals surface area contributed by atoms with Crippen molar-refractivity contribution < 1.29 is 8.81 Å². The van der Waals surface area contributed by atoms with E-state index in [0.717, 1.165) is 45.1 Å². The van der Waals surface area contributed by atoms with Crippen LogP contribution in [0.5, 0.6) is 0 Å². The van der Waals surface area contributed by atoms with Gasteiger partial charge in [0.1, 0.15) is 11.7 Å². The number of anilines is 4. The topological polar surface area (TPSA) is 75.9 Å². The van der Waals surface area contributed by atoms with E-state index in [0.29, 0.717) is 30.7 Å². The minimum absolute atomic E-state index is 0.407. The van der Waals surface area contributed by atoms with Crippen molar-refractivity contribution in [1.82, 2.24) is 15.0 Å². The number of nitrogens with zero attached hydrogens (tertiary/aromatic N) is 3. The second-order valence-electron chi connectivity index (χ2n) is 8.39. The zero-order valence-corrected chi connectivity index (χ0v) is 18.3. The van der Waals surface area contributed by atoms with Crippen molar-refractivity contribution in [2.24, 2.45) is 0 Å². The second kappa shape index (κ2) is 8.59. The molecule has 6 nitrogen and oxygen atoms in total. The lowest BCUT2D eigenvalue weighted by Gasteiger charge is -2.21. The van der Waals surface area contributed by atoms with E-state index in [1.807, 2.05) is 60.7 Å². The molecule has 3 heterocycles. The first-order valence-electron chi connectivity index (χ1n) is 11.3. The van der Waals surface area contributed by atoms with Gasteiger partial charge in [-0.25, -0.2) is 9.37 Å². The van der Waals surface area contributed by atoms with Gasteiger partial charge in [-0.2, -0.15) is 0 Å². The standard InChI is InChI=1S/C27H22FN5O/c28-18-3-7-23-22(15-18)24(11-14-30-23)32-19-4-1-17(2-5-19)27-33-25-8-6-21(16-26(25)34-27)31-20-9-12-29-13-10-20/h1-2,4-6,8-14,16,18H,3,7,15H2,(H,29,31)(H,30,32). The number of pyridine rings is 2. The van der Waals surface area contributed by atoms with Crippen LogP contribution < -0.4 is 10.6 Å². The van der Waals surface area contributed by atoms with E-state index in [4.69, 9.17) is 4.42 Å². The summed E-state index contributed by atoms with van der Waals surface area (Å²) in [6.07, 6.45) is 6.10. The van der Waals surface area contributed by atoms with Crippen LogP contribution in [0.15, 0.2) is 83.7 Å². The largest absolute Gasteiger partial charge is 0.436 e. The predicted octanol–water partition coefficient (Wildman–Crippen LogP) is 6.60. The summed E-state index contributed by atoms with van der Waals surface area (Å²) in [6.45, 7) is 0. The molecule has 7 heteroatoms. The van der Waals surface area contributed by atoms with E-state index in [9.17, 15) is 4.39 Å². The highest BCUT2D eigenvalue weighted by molar-refractivity contribution is 5.81. The van der Waals surface area contributed by atoms with Gasteiger partial charge < -0.3 is 15.1 Å². The Morgan fingerprint density at radius 1 is 0.853 bits per heavy atom. The fraction of sp³-hybridized carbons (Fsp3) is 0.148. The van der Waals surface area contributed by atoms with Gasteiger partial charge in [0, 0.05) is 65.1 Å². The Kier molecular flexibility index (Phi) is 5.14. The minimum Gasteiger partial charge on any atom is -0.436 e. The summed E-state index contributed by atoms with van der Waals surface area (Å²) in [5.41, 5.74) is 8.04. The predicted molar refractivity (Wildman–Crippen MR) is 131 cm³/mol. The Bertz CT molecular complexity index is 1450. The maximum atomic E-state index is 14.0. The normalized spacial score (nSPS) is 15.1. The van der Waals surface area contributed by atoms with E-state index in [-0.39, 0.29) is 0 Å². The van der Waals surface area contributed by atoms with Gasteiger partial charge in [-0.15, -0.1) is 0 Å². The van der Waals surface area contributed by atoms with Crippen molar-refractivity contribution in [3.05, 3.63) is 90.5 Å². The molecule has 34 heavy (non-hydrogen) atoms. The van der Waals surface area contributed by atoms with Gasteiger partial charge in [0.05, 0.1) is 0 Å². The van der Waals surface area contributed by atoms with Gasteiger partial charge in [-0.1, -0.05) is 0 Å². The molecule has 5 aromatic rings. The van der Waals surface area contributed by atoms with E-state index in [1.54, 1.807) is 18.6 Å². The van der Waals surface area contributed by atoms with Gasteiger partial charge in [-0.05, 0) is 73.0 Å². The third kappa shape index (κ3) is 4.08. The molecule has 1 aliphatic rings. The van der Waals surface area contributed by atoms with Gasteiger partial charge in [-0.3, -0.25) is 9.97 Å². The third-order valence-electron chi connectivity index (χ3n) is 6.03. The van der Waals surface area contributed by atoms with E-state index < -0.39 is 6.17 Å². The van der Waals surface area contributed by atoms with Crippen LogP contribution in [-0.2, 0) is 12.8 Å². The first kappa shape index (κ1) is 20.4. The number of fused-ring (bicyclic) bond motifs is 2. The Morgan fingerprint density at radius 2 is 1.65 bits per heavy atom. The molecule has 0 aliphatic heterocycles. The number of aryl methyl sites for hydroxylation is 1. The molecular formula is C27H22FN5O. The summed E-state index contributed by atoms with van der Waals surface area (Å²) in [5, 5.41) is 6.75. The van der Waals surface area contributed by atoms with Crippen molar-refractivity contribution in [2.75, 3.05) is 10.6 Å². The van der Waals surface area contributed by atoms with Crippen LogP contribution in [0.1, 0.15) is 17.7 Å². The van der Waals surface area contributed by atoms with Crippen LogP contribution in [0.25, 0.3) is 22.6 Å². The SMILES string of the molecule is FC1CCc2nccc(Nc3ccc(-c4nc5ccc(Nc6ccncc6)cc5o4)cc3)c2C1. The number of alkyl halides is 1. The van der Waals surface area contributed by atoms with Crippen molar-refractivity contribution in [3.8, 4) is 11.5 Å². The number of benzene rings is 2. The zero-order valence-electron chi connectivity index (χ0n) is 18.3. The number of oxazole rings is 1. The van der Waals surface area contributed by atoms with E-state index in [2.05, 4.69) is 25.6 Å². The van der Waals surface area contributed by atoms with Gasteiger partial charge >= 0.3 is 0 Å². The lowest BCUT2D eigenvalue weighted by molar-refractivity contribution is 0.300. The highest BCUT2D eigenvalue weighted by Gasteiger charge is 2.21. The molecule has 2 N–H and O–H groups in total. The van der Waals surface area contributed by atoms with Crippen LogP contribution >= 0.6 is 0 Å². The molecule has 3 aromatic heterocycles. The van der Waals surface area contributed by atoms with Crippen LogP contribution in [0.3, 0.4) is 0 Å². The molecule has 0 spiro atoms. The number of hydrogen-bond acceptors (Lipinski definition) is 6. The van der Waals surface area contributed by atoms with Gasteiger partial charge in [0.25, 0.3) is 0 Å². The molecule has 1 atom stereocenters. The van der Waals surface area contributed by atoms with Crippen LogP contribution in [0.4, 0.5) is 27.1 Å². The van der Waals surface area contributed by atoms with Gasteiger partial charge in [0.15, 0.2) is 5.58 Å². The molecule has 0 saturated carbocycles. The number of hydrogen-bond donors (Lipinski definition) is 2. The molecule has 168 valence electrons. The quantitative estimate of drug-likeness (QED) is 0.314. The second-order valence-corrected chi connectivity index (χ2v) is 8.39. The van der Waals surface area contributed by atoms with Crippen molar-refractivity contribution in [3.63, 3.8) is 0 Å². The average molecular weight is 452 g/mol. The molecule has 1 aliphatic carbocycles. The van der Waals surface area contributed by atoms with Crippen LogP contribution in [0.2, 0.25) is 0 Å². The lowest BCUT2D eigenvalue weighted by atomic mass is 9.93. The lowest BCUT2D eigenvalue weighted by Crippen LogP contribution is -2.17. The number of aromatic nitrogens is 3. The summed E-state index contributed by atoms with van der Waals surface area (Å²) in [5.74, 6) is 0.559.